The summed E-state index contributed by atoms with van der Waals surface area (Å²) >= 11 is 0. The summed E-state index contributed by atoms with van der Waals surface area (Å²) in [4.78, 5) is 19.2. The lowest BCUT2D eigenvalue weighted by atomic mass is 9.98. The van der Waals surface area contributed by atoms with Crippen molar-refractivity contribution in [3.63, 3.8) is 0 Å². The molecule has 2 aromatic rings. The van der Waals surface area contributed by atoms with Crippen molar-refractivity contribution in [2.24, 2.45) is 10.7 Å². The molecule has 0 atom stereocenters. The van der Waals surface area contributed by atoms with Crippen LogP contribution in [0.3, 0.4) is 0 Å². The highest BCUT2D eigenvalue weighted by molar-refractivity contribution is 6.15. The first-order valence-electron chi connectivity index (χ1n) is 6.73. The molecule has 0 aliphatic carbocycles. The van der Waals surface area contributed by atoms with Crippen LogP contribution in [0.1, 0.15) is 33.5 Å². The van der Waals surface area contributed by atoms with Crippen molar-refractivity contribution in [2.45, 2.75) is 19.3 Å². The van der Waals surface area contributed by atoms with E-state index in [1.807, 2.05) is 18.3 Å². The average molecular weight is 278 g/mol. The van der Waals surface area contributed by atoms with Crippen LogP contribution in [-0.2, 0) is 12.8 Å². The molecule has 5 nitrogen and oxygen atoms in total. The quantitative estimate of drug-likeness (QED) is 0.901. The molecule has 21 heavy (non-hydrogen) atoms. The molecule has 1 aliphatic heterocycles. The van der Waals surface area contributed by atoms with Crippen LogP contribution in [-0.4, -0.2) is 16.6 Å². The van der Waals surface area contributed by atoms with Gasteiger partial charge in [-0.25, -0.2) is 4.99 Å². The number of aryl methyl sites for hydroxylation is 2. The first kappa shape index (κ1) is 13.1. The van der Waals surface area contributed by atoms with Gasteiger partial charge in [0.05, 0.1) is 23.6 Å². The zero-order valence-corrected chi connectivity index (χ0v) is 11.4. The van der Waals surface area contributed by atoms with Gasteiger partial charge in [0.15, 0.2) is 5.78 Å². The Balaban J connectivity index is 1.77. The summed E-state index contributed by atoms with van der Waals surface area (Å²) in [6.07, 6.45) is 3.57. The summed E-state index contributed by atoms with van der Waals surface area (Å²) < 4.78 is 0. The maximum absolute atomic E-state index is 12.1. The molecule has 1 aromatic carbocycles. The predicted octanol–water partition coefficient (Wildman–Crippen LogP) is 2.25. The molecule has 1 aromatic heterocycles. The molecule has 0 bridgehead atoms. The number of benzene rings is 1. The minimum absolute atomic E-state index is 0.0218. The average Bonchev–Trinajstić information content (AvgIpc) is 2.89. The summed E-state index contributed by atoms with van der Waals surface area (Å²) in [6.45, 7) is 0. The molecule has 5 heteroatoms. The summed E-state index contributed by atoms with van der Waals surface area (Å²) in [5, 5.41) is 8.78. The molecule has 0 radical (unpaired) electrons. The summed E-state index contributed by atoms with van der Waals surface area (Å²) in [6, 6.07) is 9.59. The van der Waals surface area contributed by atoms with E-state index in [2.05, 4.69) is 16.0 Å². The van der Waals surface area contributed by atoms with Gasteiger partial charge in [-0.15, -0.1) is 0 Å². The van der Waals surface area contributed by atoms with Crippen LogP contribution >= 0.6 is 0 Å². The van der Waals surface area contributed by atoms with Gasteiger partial charge in [-0.3, -0.25) is 4.79 Å². The lowest BCUT2D eigenvalue weighted by molar-refractivity contribution is 0.0999. The Labute approximate surface area is 122 Å². The fourth-order valence-corrected chi connectivity index (χ4v) is 2.51. The highest BCUT2D eigenvalue weighted by Gasteiger charge is 2.23. The second-order valence-corrected chi connectivity index (χ2v) is 5.05. The van der Waals surface area contributed by atoms with Crippen LogP contribution in [0, 0.1) is 11.3 Å². The molecular formula is C16H14N4O. The Bertz CT molecular complexity index is 763. The van der Waals surface area contributed by atoms with Crippen LogP contribution in [0.2, 0.25) is 0 Å². The molecule has 0 amide bonds. The van der Waals surface area contributed by atoms with Crippen molar-refractivity contribution in [1.82, 2.24) is 4.98 Å². The number of hydrogen-bond donors (Lipinski definition) is 2. The molecule has 104 valence electrons. The van der Waals surface area contributed by atoms with Crippen LogP contribution < -0.4 is 5.73 Å². The maximum atomic E-state index is 12.1. The van der Waals surface area contributed by atoms with Crippen molar-refractivity contribution in [1.29, 1.82) is 5.26 Å². The molecule has 3 rings (SSSR count). The number of aromatic amines is 1. The Morgan fingerprint density at radius 2 is 2.05 bits per heavy atom. The lowest BCUT2D eigenvalue weighted by Crippen LogP contribution is -2.20. The van der Waals surface area contributed by atoms with Gasteiger partial charge in [0.2, 0.25) is 0 Å². The van der Waals surface area contributed by atoms with Gasteiger partial charge in [-0.05, 0) is 36.1 Å². The number of carbonyl (C=O) groups excluding carboxylic acids is 1. The normalized spacial score (nSPS) is 13.5. The van der Waals surface area contributed by atoms with E-state index in [-0.39, 0.29) is 12.2 Å². The molecule has 0 saturated heterocycles. The van der Waals surface area contributed by atoms with E-state index < -0.39 is 0 Å². The maximum Gasteiger partial charge on any atom is 0.174 e. The monoisotopic (exact) mass is 278 g/mol. The van der Waals surface area contributed by atoms with Gasteiger partial charge in [-0.1, -0.05) is 12.1 Å². The first-order chi connectivity index (χ1) is 10.2. The molecule has 0 spiro atoms. The SMILES string of the molecule is N#Cc1ccc(CCc2c[nH]c3c2C(=O)CC(N)=N3)cc1. The molecule has 2 heterocycles. The van der Waals surface area contributed by atoms with E-state index in [1.54, 1.807) is 12.1 Å². The number of nitrogens with two attached hydrogens (primary N) is 1. The number of fused-ring (bicyclic) bond motifs is 1. The molecule has 0 unspecified atom stereocenters. The van der Waals surface area contributed by atoms with Crippen LogP contribution in [0.15, 0.2) is 35.5 Å². The zero-order chi connectivity index (χ0) is 14.8. The van der Waals surface area contributed by atoms with Gasteiger partial charge in [0.25, 0.3) is 0 Å². The number of nitriles is 1. The highest BCUT2D eigenvalue weighted by atomic mass is 16.1. The smallest absolute Gasteiger partial charge is 0.174 e. The highest BCUT2D eigenvalue weighted by Crippen LogP contribution is 2.28. The fraction of sp³-hybridized carbons (Fsp3) is 0.188. The number of H-pyrrole nitrogens is 1. The van der Waals surface area contributed by atoms with E-state index in [0.29, 0.717) is 22.8 Å². The van der Waals surface area contributed by atoms with E-state index >= 15 is 0 Å². The predicted molar refractivity (Wildman–Crippen MR) is 79.6 cm³/mol. The van der Waals surface area contributed by atoms with E-state index in [4.69, 9.17) is 11.0 Å². The Morgan fingerprint density at radius 3 is 2.76 bits per heavy atom. The number of aromatic nitrogens is 1. The standard InChI is InChI=1S/C16H14N4O/c17-8-11-3-1-10(2-4-11)5-6-12-9-19-16-15(12)13(21)7-14(18)20-16/h1-4,9,19H,5-7H2,(H2,18,20). The number of amidine groups is 1. The zero-order valence-electron chi connectivity index (χ0n) is 11.4. The van der Waals surface area contributed by atoms with Gasteiger partial charge < -0.3 is 10.7 Å². The number of ketones is 1. The molecular weight excluding hydrogens is 264 g/mol. The second kappa shape index (κ2) is 5.25. The second-order valence-electron chi connectivity index (χ2n) is 5.05. The topological polar surface area (TPSA) is 95.0 Å². The van der Waals surface area contributed by atoms with Crippen molar-refractivity contribution < 1.29 is 4.79 Å². The molecule has 1 aliphatic rings. The van der Waals surface area contributed by atoms with Crippen LogP contribution in [0.4, 0.5) is 5.82 Å². The van der Waals surface area contributed by atoms with E-state index in [1.165, 1.54) is 0 Å². The number of aliphatic imine (C=N–C) groups is 1. The fourth-order valence-electron chi connectivity index (χ4n) is 2.51. The van der Waals surface area contributed by atoms with Crippen molar-refractivity contribution in [2.75, 3.05) is 0 Å². The van der Waals surface area contributed by atoms with Gasteiger partial charge in [0.1, 0.15) is 11.7 Å². The van der Waals surface area contributed by atoms with Crippen molar-refractivity contribution in [3.05, 3.63) is 52.7 Å². The van der Waals surface area contributed by atoms with Gasteiger partial charge in [-0.2, -0.15) is 5.26 Å². The summed E-state index contributed by atoms with van der Waals surface area (Å²) in [7, 11) is 0. The number of rotatable bonds is 3. The minimum Gasteiger partial charge on any atom is -0.387 e. The van der Waals surface area contributed by atoms with Crippen LogP contribution in [0.25, 0.3) is 0 Å². The van der Waals surface area contributed by atoms with Crippen LogP contribution in [0.5, 0.6) is 0 Å². The van der Waals surface area contributed by atoms with E-state index in [0.717, 1.165) is 24.0 Å². The van der Waals surface area contributed by atoms with Crippen molar-refractivity contribution in [3.8, 4) is 6.07 Å². The Hall–Kier alpha value is -2.87. The first-order valence-corrected chi connectivity index (χ1v) is 6.73. The van der Waals surface area contributed by atoms with Gasteiger partial charge >= 0.3 is 0 Å². The molecule has 0 saturated carbocycles. The lowest BCUT2D eigenvalue weighted by Gasteiger charge is -2.09. The Morgan fingerprint density at radius 1 is 1.29 bits per heavy atom. The number of carbonyl (C=O) groups is 1. The number of Topliss-reactive ketones (excluding diaryl/α,β-unsaturated/α-hetero) is 1. The largest absolute Gasteiger partial charge is 0.387 e. The van der Waals surface area contributed by atoms with Gasteiger partial charge in [0, 0.05) is 6.20 Å². The molecule has 3 N–H and O–H groups in total. The minimum atomic E-state index is 0.0218. The number of hydrogen-bond acceptors (Lipinski definition) is 4. The number of nitrogens with one attached hydrogen (secondary N) is 1. The van der Waals surface area contributed by atoms with E-state index in [9.17, 15) is 4.79 Å². The molecule has 0 fully saturated rings. The third kappa shape index (κ3) is 2.56. The third-order valence-corrected chi connectivity index (χ3v) is 3.58. The third-order valence-electron chi connectivity index (χ3n) is 3.58. The summed E-state index contributed by atoms with van der Waals surface area (Å²) in [5.74, 6) is 0.945. The van der Waals surface area contributed by atoms with Crippen molar-refractivity contribution >= 4 is 17.4 Å². The Kier molecular flexibility index (Phi) is 3.28. The number of nitrogens with zero attached hydrogens (tertiary/aromatic N) is 2. The summed E-state index contributed by atoms with van der Waals surface area (Å²) in [5.41, 5.74) is 9.04.